The summed E-state index contributed by atoms with van der Waals surface area (Å²) in [4.78, 5) is 97.6. The van der Waals surface area contributed by atoms with Gasteiger partial charge < -0.3 is 47.6 Å². The molecule has 0 aromatic carbocycles. The molecular formula is C25H42N6O11S2. The van der Waals surface area contributed by atoms with Gasteiger partial charge in [0.05, 0.1) is 12.5 Å². The Balaban J connectivity index is 5.80. The zero-order valence-electron chi connectivity index (χ0n) is 24.7. The molecule has 0 aliphatic heterocycles. The van der Waals surface area contributed by atoms with E-state index in [1.807, 2.05) is 0 Å². The van der Waals surface area contributed by atoms with E-state index >= 15 is 0 Å². The van der Waals surface area contributed by atoms with Gasteiger partial charge in [-0.15, -0.1) is 0 Å². The van der Waals surface area contributed by atoms with Gasteiger partial charge in [0.15, 0.2) is 0 Å². The molecule has 6 atom stereocenters. The zero-order chi connectivity index (χ0) is 34.3. The van der Waals surface area contributed by atoms with E-state index < -0.39 is 115 Å². The molecule has 0 fully saturated rings. The van der Waals surface area contributed by atoms with Gasteiger partial charge in [-0.3, -0.25) is 33.6 Å². The molecule has 0 saturated heterocycles. The van der Waals surface area contributed by atoms with Crippen LogP contribution < -0.4 is 32.3 Å². The van der Waals surface area contributed by atoms with Gasteiger partial charge in [-0.05, 0) is 18.3 Å². The molecule has 0 aromatic heterocycles. The summed E-state index contributed by atoms with van der Waals surface area (Å²) in [7, 11) is 0. The summed E-state index contributed by atoms with van der Waals surface area (Å²) in [5, 5.41) is 38.9. The zero-order valence-corrected chi connectivity index (χ0v) is 26.5. The largest absolute Gasteiger partial charge is 0.481 e. The first-order chi connectivity index (χ1) is 20.4. The van der Waals surface area contributed by atoms with Gasteiger partial charge in [0.1, 0.15) is 30.2 Å². The van der Waals surface area contributed by atoms with Gasteiger partial charge in [-0.25, -0.2) is 4.79 Å². The molecule has 44 heavy (non-hydrogen) atoms. The molecular weight excluding hydrogens is 624 g/mol. The van der Waals surface area contributed by atoms with Crippen molar-refractivity contribution in [3.8, 4) is 0 Å². The molecule has 5 amide bonds. The van der Waals surface area contributed by atoms with E-state index in [1.54, 1.807) is 27.7 Å². The first-order valence-electron chi connectivity index (χ1n) is 13.5. The number of carbonyl (C=O) groups is 8. The Morgan fingerprint density at radius 1 is 0.591 bits per heavy atom. The van der Waals surface area contributed by atoms with E-state index in [4.69, 9.17) is 21.1 Å². The van der Waals surface area contributed by atoms with Crippen molar-refractivity contribution in [2.45, 2.75) is 83.2 Å². The van der Waals surface area contributed by atoms with Gasteiger partial charge in [0.2, 0.25) is 29.5 Å². The topological polar surface area (TPSA) is 283 Å². The highest BCUT2D eigenvalue weighted by Gasteiger charge is 2.34. The second-order valence-electron chi connectivity index (χ2n) is 10.5. The van der Waals surface area contributed by atoms with Crippen LogP contribution in [-0.4, -0.2) is 111 Å². The molecule has 250 valence electrons. The highest BCUT2D eigenvalue weighted by molar-refractivity contribution is 7.80. The summed E-state index contributed by atoms with van der Waals surface area (Å²) in [5.41, 5.74) is 5.54. The van der Waals surface area contributed by atoms with Crippen LogP contribution in [-0.2, 0) is 38.4 Å². The quantitative estimate of drug-likeness (QED) is 0.0594. The van der Waals surface area contributed by atoms with Gasteiger partial charge in [0, 0.05) is 17.9 Å². The predicted molar refractivity (Wildman–Crippen MR) is 162 cm³/mol. The molecule has 10 N–H and O–H groups in total. The van der Waals surface area contributed by atoms with Crippen LogP contribution in [0.1, 0.15) is 47.0 Å². The first kappa shape index (κ1) is 40.4. The summed E-state index contributed by atoms with van der Waals surface area (Å²) < 4.78 is 0. The third kappa shape index (κ3) is 14.3. The van der Waals surface area contributed by atoms with E-state index in [0.717, 1.165) is 0 Å². The molecule has 0 bridgehead atoms. The molecule has 19 heteroatoms. The fraction of sp³-hybridized carbons (Fsp3) is 0.680. The van der Waals surface area contributed by atoms with Crippen LogP contribution >= 0.6 is 25.3 Å². The predicted octanol–water partition coefficient (Wildman–Crippen LogP) is -2.67. The molecule has 0 rings (SSSR count). The maximum Gasteiger partial charge on any atom is 0.327 e. The van der Waals surface area contributed by atoms with Crippen molar-refractivity contribution < 1.29 is 53.7 Å². The molecule has 0 aromatic rings. The van der Waals surface area contributed by atoms with E-state index in [2.05, 4.69) is 51.8 Å². The fourth-order valence-corrected chi connectivity index (χ4v) is 4.08. The second-order valence-corrected chi connectivity index (χ2v) is 11.2. The van der Waals surface area contributed by atoms with Crippen molar-refractivity contribution in [1.82, 2.24) is 26.6 Å². The van der Waals surface area contributed by atoms with Crippen LogP contribution in [0.15, 0.2) is 0 Å². The summed E-state index contributed by atoms with van der Waals surface area (Å²) in [6.45, 7) is 6.35. The third-order valence-corrected chi connectivity index (χ3v) is 6.85. The summed E-state index contributed by atoms with van der Waals surface area (Å²) in [5.74, 6) is -9.95. The lowest BCUT2D eigenvalue weighted by atomic mass is 9.98. The van der Waals surface area contributed by atoms with Crippen molar-refractivity contribution in [3.63, 3.8) is 0 Å². The average molecular weight is 667 g/mol. The highest BCUT2D eigenvalue weighted by atomic mass is 32.1. The van der Waals surface area contributed by atoms with Gasteiger partial charge in [-0.1, -0.05) is 27.7 Å². The summed E-state index contributed by atoms with van der Waals surface area (Å²) >= 11 is 7.91. The number of thiol groups is 2. The SMILES string of the molecule is CC(C)[C@H](NC(=O)[C@H](CCC(=O)O)NC(=O)[C@@H](N)CC(=O)O)C(=O)N[C@H](C(=O)N[C@@H](CS)C(=O)N[C@@H](CS)C(=O)O)C(C)C. The van der Waals surface area contributed by atoms with Crippen molar-refractivity contribution in [2.24, 2.45) is 17.6 Å². The standard InChI is InChI=1S/C25H42N6O11S2/c1-10(2)18(23(39)28-14(8-43)22(38)29-15(9-44)25(41)42)31-24(40)19(11(3)4)30-21(37)13(5-6-16(32)33)27-20(36)12(26)7-17(34)35/h10-15,18-19,43-44H,5-9,26H2,1-4H3,(H,27,36)(H,28,39)(H,29,38)(H,30,37)(H,31,40)(H,32,33)(H,34,35)(H,41,42)/t12-,13-,14-,15-,18-,19-/m0/s1. The third-order valence-electron chi connectivity index (χ3n) is 6.12. The molecule has 0 heterocycles. The molecule has 0 spiro atoms. The number of nitrogens with two attached hydrogens (primary N) is 1. The smallest absolute Gasteiger partial charge is 0.327 e. The Morgan fingerprint density at radius 2 is 1.00 bits per heavy atom. The van der Waals surface area contributed by atoms with E-state index in [1.165, 1.54) is 0 Å². The Labute approximate surface area is 265 Å². The Hall–Kier alpha value is -3.58. The minimum absolute atomic E-state index is 0.209. The molecule has 0 aliphatic rings. The lowest BCUT2D eigenvalue weighted by Gasteiger charge is -2.29. The number of hydrogen-bond donors (Lipinski definition) is 11. The Kier molecular flexibility index (Phi) is 18.0. The Bertz CT molecular complexity index is 1080. The van der Waals surface area contributed by atoms with E-state index in [9.17, 15) is 38.4 Å². The van der Waals surface area contributed by atoms with Gasteiger partial charge in [0.25, 0.3) is 0 Å². The number of amides is 5. The number of carboxylic acid groups (broad SMARTS) is 3. The second kappa shape index (κ2) is 19.6. The molecule has 0 saturated carbocycles. The molecule has 0 aliphatic carbocycles. The lowest BCUT2D eigenvalue weighted by molar-refractivity contribution is -0.141. The number of nitrogens with one attached hydrogen (secondary N) is 5. The van der Waals surface area contributed by atoms with Crippen LogP contribution in [0.3, 0.4) is 0 Å². The van der Waals surface area contributed by atoms with E-state index in [-0.39, 0.29) is 11.5 Å². The van der Waals surface area contributed by atoms with Crippen molar-refractivity contribution in [1.29, 1.82) is 0 Å². The van der Waals surface area contributed by atoms with Gasteiger partial charge >= 0.3 is 17.9 Å². The molecule has 0 radical (unpaired) electrons. The van der Waals surface area contributed by atoms with Crippen LogP contribution in [0.4, 0.5) is 0 Å². The highest BCUT2D eigenvalue weighted by Crippen LogP contribution is 2.09. The number of carboxylic acids is 3. The van der Waals surface area contributed by atoms with Crippen LogP contribution in [0.25, 0.3) is 0 Å². The monoisotopic (exact) mass is 666 g/mol. The number of hydrogen-bond acceptors (Lipinski definition) is 11. The maximum absolute atomic E-state index is 13.3. The number of aliphatic carboxylic acids is 3. The fourth-order valence-electron chi connectivity index (χ4n) is 3.58. The van der Waals surface area contributed by atoms with E-state index in [0.29, 0.717) is 0 Å². The van der Waals surface area contributed by atoms with Crippen LogP contribution in [0.5, 0.6) is 0 Å². The maximum atomic E-state index is 13.3. The minimum Gasteiger partial charge on any atom is -0.481 e. The lowest BCUT2D eigenvalue weighted by Crippen LogP contribution is -2.61. The average Bonchev–Trinajstić information content (AvgIpc) is 2.92. The first-order valence-corrected chi connectivity index (χ1v) is 14.8. The minimum atomic E-state index is -1.53. The van der Waals surface area contributed by atoms with Crippen molar-refractivity contribution in [3.05, 3.63) is 0 Å². The number of rotatable bonds is 20. The normalized spacial score (nSPS) is 15.1. The van der Waals surface area contributed by atoms with Crippen LogP contribution in [0.2, 0.25) is 0 Å². The van der Waals surface area contributed by atoms with Gasteiger partial charge in [-0.2, -0.15) is 25.3 Å². The molecule has 0 unspecified atom stereocenters. The van der Waals surface area contributed by atoms with Crippen molar-refractivity contribution in [2.75, 3.05) is 11.5 Å². The van der Waals surface area contributed by atoms with Crippen molar-refractivity contribution >= 4 is 72.7 Å². The summed E-state index contributed by atoms with van der Waals surface area (Å²) in [6.07, 6.45) is -1.71. The van der Waals surface area contributed by atoms with Crippen LogP contribution in [0, 0.1) is 11.8 Å². The Morgan fingerprint density at radius 3 is 1.41 bits per heavy atom. The molecule has 17 nitrogen and oxygen atoms in total. The number of carbonyl (C=O) groups excluding carboxylic acids is 5. The summed E-state index contributed by atoms with van der Waals surface area (Å²) in [6, 6.07) is -8.12.